The van der Waals surface area contributed by atoms with Crippen LogP contribution in [0.5, 0.6) is 5.75 Å². The van der Waals surface area contributed by atoms with Crippen LogP contribution in [0, 0.1) is 5.82 Å². The van der Waals surface area contributed by atoms with Crippen molar-refractivity contribution in [2.45, 2.75) is 63.9 Å². The molecule has 6 atom stereocenters. The van der Waals surface area contributed by atoms with Crippen LogP contribution in [0.25, 0.3) is 0 Å². The van der Waals surface area contributed by atoms with E-state index >= 15 is 0 Å². The van der Waals surface area contributed by atoms with Crippen molar-refractivity contribution in [2.24, 2.45) is 0 Å². The fourth-order valence-electron chi connectivity index (χ4n) is 3.39. The lowest BCUT2D eigenvalue weighted by molar-refractivity contribution is -0.149. The van der Waals surface area contributed by atoms with Gasteiger partial charge in [0.1, 0.15) is 35.4 Å². The Kier molecular flexibility index (Phi) is 7.84. The lowest BCUT2D eigenvalue weighted by atomic mass is 9.96. The molecule has 2 unspecified atom stereocenters. The molecule has 1 fully saturated rings. The molecule has 1 aromatic heterocycles. The number of benzene rings is 1. The average molecular weight is 547 g/mol. The second kappa shape index (κ2) is 11.3. The minimum Gasteiger partial charge on any atom is -0.462 e. The maximum atomic E-state index is 13.6. The van der Waals surface area contributed by atoms with Crippen LogP contribution in [-0.2, 0) is 23.4 Å². The number of aromatic nitrogens is 2. The molecular formula is C22H29FN3O10P. The summed E-state index contributed by atoms with van der Waals surface area (Å²) in [6.07, 6.45) is -6.40. The summed E-state index contributed by atoms with van der Waals surface area (Å²) < 4.78 is 64.5. The summed E-state index contributed by atoms with van der Waals surface area (Å²) in [5, 5.41) is 24.0. The largest absolute Gasteiger partial charge is 0.462 e. The van der Waals surface area contributed by atoms with Gasteiger partial charge in [0, 0.05) is 12.2 Å². The molecule has 0 spiro atoms. The first kappa shape index (κ1) is 25.8. The van der Waals surface area contributed by atoms with Gasteiger partial charge < -0.3 is 24.2 Å². The number of aliphatic hydroxyl groups is 2. The standard InChI is InChI=1S/C22H29FN3O10P/c1-12(2)34-19(29)13(3)25-37(32,36-15-7-5-14(23)6-8-15)33-11-16-18(28)22(4,31)20(35-16)26-10-9-17(27)24-21(26)30/h5-10,12-13,16,18,20,28,31H,11H2,1-4H3,(H,25,32)(H,24,27,30)/t13?,16-,18-,20-,22-,37?/m1/s1/i9D,10D. The Bertz CT molecular complexity index is 1370. The van der Waals surface area contributed by atoms with Gasteiger partial charge in [-0.2, -0.15) is 5.09 Å². The van der Waals surface area contributed by atoms with E-state index in [2.05, 4.69) is 5.09 Å². The number of esters is 1. The quantitative estimate of drug-likeness (QED) is 0.244. The van der Waals surface area contributed by atoms with Crippen LogP contribution in [0.1, 0.15) is 36.7 Å². The number of aliphatic hydroxyl groups excluding tert-OH is 1. The molecule has 0 amide bonds. The summed E-state index contributed by atoms with van der Waals surface area (Å²) in [5.41, 5.74) is -4.55. The third-order valence-corrected chi connectivity index (χ3v) is 6.87. The van der Waals surface area contributed by atoms with Gasteiger partial charge in [-0.3, -0.25) is 23.7 Å². The molecule has 37 heavy (non-hydrogen) atoms. The van der Waals surface area contributed by atoms with Crippen molar-refractivity contribution in [1.82, 2.24) is 14.6 Å². The van der Waals surface area contributed by atoms with Crippen molar-refractivity contribution in [3.63, 3.8) is 0 Å². The van der Waals surface area contributed by atoms with Crippen molar-refractivity contribution in [3.05, 3.63) is 63.1 Å². The molecule has 2 aromatic rings. The van der Waals surface area contributed by atoms with E-state index in [4.69, 9.17) is 21.3 Å². The van der Waals surface area contributed by atoms with Gasteiger partial charge in [-0.05, 0) is 52.0 Å². The van der Waals surface area contributed by atoms with Gasteiger partial charge in [-0.1, -0.05) is 0 Å². The highest BCUT2D eigenvalue weighted by Crippen LogP contribution is 2.47. The van der Waals surface area contributed by atoms with Crippen LogP contribution >= 0.6 is 7.75 Å². The molecule has 13 nitrogen and oxygen atoms in total. The Morgan fingerprint density at radius 1 is 1.35 bits per heavy atom. The molecule has 1 aliphatic heterocycles. The number of H-pyrrole nitrogens is 1. The number of aromatic amines is 1. The van der Waals surface area contributed by atoms with Crippen LogP contribution in [0.3, 0.4) is 0 Å². The first-order valence-electron chi connectivity index (χ1n) is 12.1. The number of hydrogen-bond donors (Lipinski definition) is 4. The van der Waals surface area contributed by atoms with Crippen LogP contribution in [0.4, 0.5) is 4.39 Å². The molecule has 1 aromatic carbocycles. The van der Waals surface area contributed by atoms with E-state index in [9.17, 15) is 33.6 Å². The van der Waals surface area contributed by atoms with Crippen LogP contribution in [-0.4, -0.2) is 62.3 Å². The van der Waals surface area contributed by atoms with Crippen molar-refractivity contribution in [2.75, 3.05) is 6.61 Å². The third-order valence-electron chi connectivity index (χ3n) is 5.22. The zero-order valence-electron chi connectivity index (χ0n) is 22.3. The molecule has 0 saturated carbocycles. The maximum Gasteiger partial charge on any atom is 0.459 e. The van der Waals surface area contributed by atoms with Gasteiger partial charge in [0.2, 0.25) is 0 Å². The van der Waals surface area contributed by atoms with E-state index in [0.717, 1.165) is 31.2 Å². The SMILES string of the molecule is [2H]c1c([2H])n([C@@H]2O[C@H](COP(=O)(NC(C)C(=O)OC(C)C)Oc3ccc(F)cc3)[C@@H](O)[C@@]2(C)O)c(=O)[nH]c1=O. The van der Waals surface area contributed by atoms with Gasteiger partial charge in [0.25, 0.3) is 5.56 Å². The van der Waals surface area contributed by atoms with Crippen molar-refractivity contribution in [3.8, 4) is 5.75 Å². The van der Waals surface area contributed by atoms with E-state index < -0.39 is 85.8 Å². The molecule has 0 bridgehead atoms. The summed E-state index contributed by atoms with van der Waals surface area (Å²) in [6.45, 7) is 4.88. The van der Waals surface area contributed by atoms with E-state index in [0.29, 0.717) is 4.57 Å². The van der Waals surface area contributed by atoms with Gasteiger partial charge in [-0.15, -0.1) is 0 Å². The Hall–Kier alpha value is -2.87. The highest BCUT2D eigenvalue weighted by atomic mass is 31.2. The number of nitrogens with one attached hydrogen (secondary N) is 2. The first-order chi connectivity index (χ1) is 18.1. The number of hydrogen-bond acceptors (Lipinski definition) is 10. The second-order valence-corrected chi connectivity index (χ2v) is 10.4. The second-order valence-electron chi connectivity index (χ2n) is 8.74. The molecule has 4 N–H and O–H groups in total. The first-order valence-corrected chi connectivity index (χ1v) is 12.7. The minimum absolute atomic E-state index is 0.101. The molecular weight excluding hydrogens is 516 g/mol. The summed E-state index contributed by atoms with van der Waals surface area (Å²) in [5.74, 6) is -1.49. The number of ether oxygens (including phenoxy) is 2. The van der Waals surface area contributed by atoms with E-state index in [1.165, 1.54) is 6.92 Å². The molecule has 0 aliphatic carbocycles. The minimum atomic E-state index is -4.48. The van der Waals surface area contributed by atoms with Crippen molar-refractivity contribution >= 4 is 13.7 Å². The zero-order chi connectivity index (χ0) is 29.3. The molecule has 1 aliphatic rings. The van der Waals surface area contributed by atoms with E-state index in [1.54, 1.807) is 13.8 Å². The lowest BCUT2D eigenvalue weighted by Gasteiger charge is -2.27. The summed E-state index contributed by atoms with van der Waals surface area (Å²) >= 11 is 0. The molecule has 204 valence electrons. The Morgan fingerprint density at radius 2 is 2.00 bits per heavy atom. The van der Waals surface area contributed by atoms with Gasteiger partial charge >= 0.3 is 19.4 Å². The Balaban J connectivity index is 1.86. The molecule has 15 heteroatoms. The predicted octanol–water partition coefficient (Wildman–Crippen LogP) is 0.818. The van der Waals surface area contributed by atoms with Gasteiger partial charge in [0.15, 0.2) is 6.23 Å². The number of carbonyl (C=O) groups excluding carboxylic acids is 1. The molecule has 2 heterocycles. The maximum absolute atomic E-state index is 13.6. The monoisotopic (exact) mass is 547 g/mol. The zero-order valence-corrected chi connectivity index (χ0v) is 21.2. The number of rotatable bonds is 10. The predicted molar refractivity (Wildman–Crippen MR) is 126 cm³/mol. The summed E-state index contributed by atoms with van der Waals surface area (Å²) in [4.78, 5) is 38.1. The summed E-state index contributed by atoms with van der Waals surface area (Å²) in [7, 11) is -4.48. The van der Waals surface area contributed by atoms with Gasteiger partial charge in [0.05, 0.1) is 15.5 Å². The third kappa shape index (κ3) is 6.92. The van der Waals surface area contributed by atoms with Crippen LogP contribution in [0.2, 0.25) is 0 Å². The molecule has 1 saturated heterocycles. The highest BCUT2D eigenvalue weighted by Gasteiger charge is 2.54. The number of halogens is 1. The Labute approximate surface area is 213 Å². The fourth-order valence-corrected chi connectivity index (χ4v) is 4.89. The Morgan fingerprint density at radius 3 is 2.62 bits per heavy atom. The topological polar surface area (TPSA) is 178 Å². The van der Waals surface area contributed by atoms with E-state index in [1.807, 2.05) is 4.98 Å². The summed E-state index contributed by atoms with van der Waals surface area (Å²) in [6, 6.07) is 2.27. The van der Waals surface area contributed by atoms with Crippen LogP contribution in [0.15, 0.2) is 46.1 Å². The lowest BCUT2D eigenvalue weighted by Crippen LogP contribution is -2.47. The smallest absolute Gasteiger partial charge is 0.459 e. The van der Waals surface area contributed by atoms with Crippen LogP contribution < -0.4 is 20.9 Å². The van der Waals surface area contributed by atoms with Crippen molar-refractivity contribution < 1.29 is 45.2 Å². The molecule has 3 rings (SSSR count). The normalized spacial score (nSPS) is 26.8. The van der Waals surface area contributed by atoms with Gasteiger partial charge in [-0.25, -0.2) is 13.8 Å². The average Bonchev–Trinajstić information content (AvgIpc) is 3.06. The van der Waals surface area contributed by atoms with E-state index in [-0.39, 0.29) is 5.75 Å². The molecule has 0 radical (unpaired) electrons. The number of carbonyl (C=O) groups is 1. The fraction of sp³-hybridized carbons (Fsp3) is 0.500. The van der Waals surface area contributed by atoms with Crippen molar-refractivity contribution in [1.29, 1.82) is 0 Å². The number of nitrogens with zero attached hydrogens (tertiary/aromatic N) is 1. The highest BCUT2D eigenvalue weighted by molar-refractivity contribution is 7.52.